The lowest BCUT2D eigenvalue weighted by Gasteiger charge is -1.95. The lowest BCUT2D eigenvalue weighted by molar-refractivity contribution is 0.467. The third kappa shape index (κ3) is 1.90. The summed E-state index contributed by atoms with van der Waals surface area (Å²) in [5.41, 5.74) is 0. The molecule has 0 aliphatic heterocycles. The third-order valence-corrected chi connectivity index (χ3v) is 1.76. The highest BCUT2D eigenvalue weighted by Gasteiger charge is 1.94. The maximum Gasteiger partial charge on any atom is 0.123 e. The van der Waals surface area contributed by atoms with Crippen LogP contribution in [-0.2, 0) is 0 Å². The molecule has 0 aliphatic carbocycles. The van der Waals surface area contributed by atoms with Crippen LogP contribution in [0.5, 0.6) is 5.75 Å². The topological polar surface area (TPSA) is 40.5 Å². The van der Waals surface area contributed by atoms with Crippen LogP contribution in [0.4, 0.5) is 0 Å². The second-order valence-electron chi connectivity index (χ2n) is 2.73. The average Bonchev–Trinajstić information content (AvgIpc) is 2.08. The van der Waals surface area contributed by atoms with Gasteiger partial charge in [0.15, 0.2) is 0 Å². The molecule has 0 fully saturated rings. The summed E-state index contributed by atoms with van der Waals surface area (Å²) in [5.74, 6) is 0.329. The van der Waals surface area contributed by atoms with E-state index in [4.69, 9.17) is 0 Å². The Morgan fingerprint density at radius 1 is 1.46 bits per heavy atom. The highest BCUT2D eigenvalue weighted by Crippen LogP contribution is 1.95. The molecule has 13 heavy (non-hydrogen) atoms. The van der Waals surface area contributed by atoms with E-state index in [0.717, 1.165) is 0 Å². The van der Waals surface area contributed by atoms with Crippen molar-refractivity contribution in [2.24, 2.45) is 0 Å². The summed E-state index contributed by atoms with van der Waals surface area (Å²) in [5, 5.41) is 20.0. The van der Waals surface area contributed by atoms with Crippen LogP contribution in [0.2, 0.25) is 0 Å². The van der Waals surface area contributed by atoms with Gasteiger partial charge in [-0.25, -0.2) is 0 Å². The van der Waals surface area contributed by atoms with Gasteiger partial charge in [0.1, 0.15) is 5.75 Å². The van der Waals surface area contributed by atoms with E-state index >= 15 is 0 Å². The number of aliphatic hydroxyl groups is 1. The first-order valence-corrected chi connectivity index (χ1v) is 3.97. The molecule has 0 aromatic heterocycles. The zero-order chi connectivity index (χ0) is 9.84. The lowest BCUT2D eigenvalue weighted by Crippen LogP contribution is -2.26. The van der Waals surface area contributed by atoms with Crippen LogP contribution in [0.1, 0.15) is 6.92 Å². The second-order valence-corrected chi connectivity index (χ2v) is 2.73. The molecule has 0 saturated heterocycles. The predicted octanol–water partition coefficient (Wildman–Crippen LogP) is 1.04. The third-order valence-electron chi connectivity index (χ3n) is 1.76. The number of hydrogen-bond acceptors (Lipinski definition) is 2. The van der Waals surface area contributed by atoms with E-state index in [0.29, 0.717) is 10.4 Å². The molecular weight excluding hydrogens is 164 g/mol. The van der Waals surface area contributed by atoms with Gasteiger partial charge >= 0.3 is 0 Å². The Kier molecular flexibility index (Phi) is 2.75. The van der Waals surface area contributed by atoms with Crippen molar-refractivity contribution in [3.63, 3.8) is 0 Å². The highest BCUT2D eigenvalue weighted by atomic mass is 16.3. The molecule has 0 atom stereocenters. The van der Waals surface area contributed by atoms with E-state index in [-0.39, 0.29) is 11.5 Å². The van der Waals surface area contributed by atoms with Crippen molar-refractivity contribution in [1.82, 2.24) is 0 Å². The van der Waals surface area contributed by atoms with Gasteiger partial charge in [-0.2, -0.15) is 0 Å². The molecule has 1 aromatic carbocycles. The first-order chi connectivity index (χ1) is 6.16. The number of aliphatic hydroxyl groups excluding tert-OH is 1. The maximum absolute atomic E-state index is 9.47. The molecule has 0 aliphatic rings. The fraction of sp³-hybridized carbons (Fsp3) is 0.0909. The molecule has 1 rings (SSSR count). The summed E-state index contributed by atoms with van der Waals surface area (Å²) >= 11 is 0. The molecule has 0 saturated carbocycles. The SMILES string of the molecule is C=C/C=c1/c(O)ccc/c1=C(/C)O. The van der Waals surface area contributed by atoms with Crippen LogP contribution >= 0.6 is 0 Å². The Balaban J connectivity index is 3.75. The summed E-state index contributed by atoms with van der Waals surface area (Å²) in [7, 11) is 0. The van der Waals surface area contributed by atoms with Crippen LogP contribution < -0.4 is 10.4 Å². The molecule has 0 heterocycles. The van der Waals surface area contributed by atoms with Gasteiger partial charge in [-0.05, 0) is 13.0 Å². The van der Waals surface area contributed by atoms with Gasteiger partial charge in [-0.15, -0.1) is 0 Å². The van der Waals surface area contributed by atoms with E-state index in [2.05, 4.69) is 6.58 Å². The van der Waals surface area contributed by atoms with Crippen LogP contribution in [0, 0.1) is 0 Å². The number of benzene rings is 1. The number of phenols is 1. The molecule has 0 radical (unpaired) electrons. The molecule has 2 heteroatoms. The van der Waals surface area contributed by atoms with Crippen molar-refractivity contribution in [3.05, 3.63) is 41.3 Å². The van der Waals surface area contributed by atoms with Crippen molar-refractivity contribution in [2.45, 2.75) is 6.92 Å². The number of allylic oxidation sites excluding steroid dienone is 1. The van der Waals surface area contributed by atoms with E-state index < -0.39 is 0 Å². The van der Waals surface area contributed by atoms with Crippen molar-refractivity contribution in [1.29, 1.82) is 0 Å². The minimum atomic E-state index is 0.144. The Bertz CT molecular complexity index is 426. The van der Waals surface area contributed by atoms with Crippen molar-refractivity contribution < 1.29 is 10.2 Å². The van der Waals surface area contributed by atoms with Crippen LogP contribution in [0.3, 0.4) is 0 Å². The Hall–Kier alpha value is -1.70. The molecule has 0 bridgehead atoms. The van der Waals surface area contributed by atoms with Gasteiger partial charge in [0.2, 0.25) is 0 Å². The second kappa shape index (κ2) is 3.81. The number of hydrogen-bond donors (Lipinski definition) is 2. The van der Waals surface area contributed by atoms with Gasteiger partial charge in [-0.1, -0.05) is 30.9 Å². The molecule has 0 spiro atoms. The quantitative estimate of drug-likeness (QED) is 0.671. The lowest BCUT2D eigenvalue weighted by atomic mass is 10.2. The number of rotatable bonds is 1. The van der Waals surface area contributed by atoms with Gasteiger partial charge < -0.3 is 10.2 Å². The fourth-order valence-corrected chi connectivity index (χ4v) is 1.16. The molecule has 0 unspecified atom stereocenters. The first kappa shape index (κ1) is 9.39. The van der Waals surface area contributed by atoms with Crippen molar-refractivity contribution in [2.75, 3.05) is 0 Å². The smallest absolute Gasteiger partial charge is 0.123 e. The molecule has 0 amide bonds. The Labute approximate surface area is 76.8 Å². The first-order valence-electron chi connectivity index (χ1n) is 3.97. The average molecular weight is 176 g/mol. The van der Waals surface area contributed by atoms with Gasteiger partial charge in [0.05, 0.1) is 5.76 Å². The van der Waals surface area contributed by atoms with Crippen LogP contribution in [-0.4, -0.2) is 10.2 Å². The summed E-state index contributed by atoms with van der Waals surface area (Å²) in [6.07, 6.45) is 3.23. The van der Waals surface area contributed by atoms with Crippen molar-refractivity contribution in [3.8, 4) is 5.75 Å². The molecule has 2 nitrogen and oxygen atoms in total. The largest absolute Gasteiger partial charge is 0.512 e. The molecule has 1 aromatic rings. The highest BCUT2D eigenvalue weighted by molar-refractivity contribution is 5.45. The maximum atomic E-state index is 9.47. The van der Waals surface area contributed by atoms with Gasteiger partial charge in [0.25, 0.3) is 0 Å². The molecular formula is C11H12O2. The Morgan fingerprint density at radius 2 is 2.15 bits per heavy atom. The monoisotopic (exact) mass is 176 g/mol. The summed E-state index contributed by atoms with van der Waals surface area (Å²) in [6, 6.07) is 5.00. The zero-order valence-corrected chi connectivity index (χ0v) is 7.49. The van der Waals surface area contributed by atoms with E-state index in [1.807, 2.05) is 0 Å². The Morgan fingerprint density at radius 3 is 2.69 bits per heavy atom. The van der Waals surface area contributed by atoms with Crippen molar-refractivity contribution >= 4 is 11.8 Å². The number of phenolic OH excluding ortho intramolecular Hbond substituents is 1. The van der Waals surface area contributed by atoms with Crippen LogP contribution in [0.25, 0.3) is 11.8 Å². The zero-order valence-electron chi connectivity index (χ0n) is 7.49. The minimum absolute atomic E-state index is 0.144. The predicted molar refractivity (Wildman–Crippen MR) is 53.7 cm³/mol. The van der Waals surface area contributed by atoms with Crippen LogP contribution in [0.15, 0.2) is 30.9 Å². The normalized spacial score (nSPS) is 14.1. The molecule has 68 valence electrons. The fourth-order valence-electron chi connectivity index (χ4n) is 1.16. The number of aromatic hydroxyl groups is 1. The summed E-state index contributed by atoms with van der Waals surface area (Å²) in [4.78, 5) is 0. The standard InChI is InChI=1S/C11H12O2/c1-3-5-10-9(8(2)12)6-4-7-11(10)13/h3-7,12-13H,1H2,2H3/b9-8+,10-5+. The van der Waals surface area contributed by atoms with Gasteiger partial charge in [-0.3, -0.25) is 0 Å². The summed E-state index contributed by atoms with van der Waals surface area (Å²) in [6.45, 7) is 5.12. The van der Waals surface area contributed by atoms with Gasteiger partial charge in [0, 0.05) is 10.4 Å². The minimum Gasteiger partial charge on any atom is -0.512 e. The van der Waals surface area contributed by atoms with E-state index in [1.165, 1.54) is 0 Å². The van der Waals surface area contributed by atoms with E-state index in [9.17, 15) is 10.2 Å². The summed E-state index contributed by atoms with van der Waals surface area (Å²) < 4.78 is 0. The molecule has 2 N–H and O–H groups in total. The van der Waals surface area contributed by atoms with E-state index in [1.54, 1.807) is 37.3 Å².